The van der Waals surface area contributed by atoms with Crippen molar-refractivity contribution in [3.63, 3.8) is 0 Å². The Morgan fingerprint density at radius 2 is 1.00 bits per heavy atom. The van der Waals surface area contributed by atoms with Gasteiger partial charge in [0.1, 0.15) is 0 Å². The molecule has 12 heteroatoms. The van der Waals surface area contributed by atoms with E-state index < -0.39 is 68.9 Å². The lowest BCUT2D eigenvalue weighted by atomic mass is 10.1. The van der Waals surface area contributed by atoms with E-state index in [4.69, 9.17) is 0 Å². The summed E-state index contributed by atoms with van der Waals surface area (Å²) in [5.41, 5.74) is 1.07. The number of hydrazine groups is 2. The van der Waals surface area contributed by atoms with Crippen molar-refractivity contribution in [1.29, 1.82) is 0 Å². The van der Waals surface area contributed by atoms with Crippen LogP contribution in [0.5, 0.6) is 34.5 Å². The van der Waals surface area contributed by atoms with Crippen LogP contribution < -0.4 is 5.43 Å². The molecular formula is C28H31N3O9. The molecule has 0 bridgehead atoms. The first-order valence-corrected chi connectivity index (χ1v) is 12.6. The van der Waals surface area contributed by atoms with E-state index in [2.05, 4.69) is 5.43 Å². The summed E-state index contributed by atoms with van der Waals surface area (Å²) < 4.78 is 0. The van der Waals surface area contributed by atoms with Crippen molar-refractivity contribution in [1.82, 2.24) is 15.6 Å². The first-order valence-electron chi connectivity index (χ1n) is 12.6. The second-order valence-corrected chi connectivity index (χ2v) is 8.88. The third-order valence-corrected chi connectivity index (χ3v) is 6.05. The number of carbonyl (C=O) groups is 3. The fourth-order valence-corrected chi connectivity index (χ4v) is 3.87. The molecule has 0 aliphatic rings. The molecule has 0 aliphatic carbocycles. The maximum Gasteiger partial charge on any atom is 0.291 e. The molecule has 3 aromatic rings. The molecular weight excluding hydrogens is 522 g/mol. The van der Waals surface area contributed by atoms with Crippen LogP contribution in [0.4, 0.5) is 0 Å². The summed E-state index contributed by atoms with van der Waals surface area (Å²) >= 11 is 0. The van der Waals surface area contributed by atoms with Gasteiger partial charge in [-0.3, -0.25) is 14.4 Å². The summed E-state index contributed by atoms with van der Waals surface area (Å²) in [6.07, 6.45) is 4.14. The number of phenols is 6. The lowest BCUT2D eigenvalue weighted by molar-refractivity contribution is -0.0199. The summed E-state index contributed by atoms with van der Waals surface area (Å²) in [7, 11) is 0. The second kappa shape index (κ2) is 13.2. The molecule has 3 aromatic carbocycles. The van der Waals surface area contributed by atoms with Gasteiger partial charge in [-0.05, 0) is 42.8 Å². The molecule has 12 nitrogen and oxygen atoms in total. The summed E-state index contributed by atoms with van der Waals surface area (Å²) in [4.78, 5) is 41.3. The Morgan fingerprint density at radius 1 is 0.600 bits per heavy atom. The van der Waals surface area contributed by atoms with Crippen LogP contribution in [-0.2, 0) is 0 Å². The molecule has 212 valence electrons. The molecule has 0 atom stereocenters. The highest BCUT2D eigenvalue weighted by Crippen LogP contribution is 2.34. The maximum absolute atomic E-state index is 13.8. The number of nitrogens with one attached hydrogen (secondary N) is 1. The molecule has 0 saturated heterocycles. The number of rotatable bonds is 10. The van der Waals surface area contributed by atoms with Gasteiger partial charge in [0.05, 0.1) is 16.7 Å². The van der Waals surface area contributed by atoms with Gasteiger partial charge in [0.2, 0.25) is 0 Å². The van der Waals surface area contributed by atoms with E-state index in [1.165, 1.54) is 18.2 Å². The minimum Gasteiger partial charge on any atom is -0.504 e. The van der Waals surface area contributed by atoms with Crippen LogP contribution in [0.25, 0.3) is 0 Å². The molecule has 0 saturated carbocycles. The molecule has 0 aliphatic heterocycles. The van der Waals surface area contributed by atoms with Crippen LogP contribution in [0.15, 0.2) is 54.6 Å². The largest absolute Gasteiger partial charge is 0.504 e. The highest BCUT2D eigenvalue weighted by molar-refractivity contribution is 6.14. The number of para-hydroxylation sites is 3. The van der Waals surface area contributed by atoms with Gasteiger partial charge in [0.15, 0.2) is 34.5 Å². The van der Waals surface area contributed by atoms with Gasteiger partial charge in [0, 0.05) is 6.54 Å². The molecule has 3 rings (SSSR count). The zero-order valence-electron chi connectivity index (χ0n) is 21.7. The fourth-order valence-electron chi connectivity index (χ4n) is 3.87. The quantitative estimate of drug-likeness (QED) is 0.0842. The number of unbranched alkanes of at least 4 members (excludes halogenated alkanes) is 4. The van der Waals surface area contributed by atoms with E-state index in [0.29, 0.717) is 11.5 Å². The molecule has 0 unspecified atom stereocenters. The molecule has 7 N–H and O–H groups in total. The third kappa shape index (κ3) is 6.35. The summed E-state index contributed by atoms with van der Waals surface area (Å²) in [5.74, 6) is -8.30. The van der Waals surface area contributed by atoms with Crippen LogP contribution in [-0.4, -0.2) is 65.0 Å². The van der Waals surface area contributed by atoms with E-state index in [1.54, 1.807) is 0 Å². The van der Waals surface area contributed by atoms with Gasteiger partial charge in [0.25, 0.3) is 17.7 Å². The van der Waals surface area contributed by atoms with Crippen molar-refractivity contribution in [3.8, 4) is 34.5 Å². The average molecular weight is 554 g/mol. The minimum absolute atomic E-state index is 0.0735. The normalized spacial score (nSPS) is 10.7. The van der Waals surface area contributed by atoms with Gasteiger partial charge in [-0.2, -0.15) is 10.1 Å². The number of phenolic OH excluding ortho intramolecular Hbond substituents is 6. The van der Waals surface area contributed by atoms with Crippen molar-refractivity contribution in [2.45, 2.75) is 39.0 Å². The lowest BCUT2D eigenvalue weighted by Gasteiger charge is -2.33. The Morgan fingerprint density at radius 3 is 1.43 bits per heavy atom. The molecule has 0 heterocycles. The summed E-state index contributed by atoms with van der Waals surface area (Å²) in [6.45, 7) is 2.12. The van der Waals surface area contributed by atoms with Gasteiger partial charge in [-0.25, -0.2) is 5.43 Å². The van der Waals surface area contributed by atoms with Crippen LogP contribution in [0, 0.1) is 0 Å². The van der Waals surface area contributed by atoms with Crippen LogP contribution in [0.2, 0.25) is 0 Å². The van der Waals surface area contributed by atoms with E-state index in [9.17, 15) is 45.0 Å². The van der Waals surface area contributed by atoms with Crippen molar-refractivity contribution < 1.29 is 45.0 Å². The topological polar surface area (TPSA) is 191 Å². The van der Waals surface area contributed by atoms with E-state index in [1.807, 2.05) is 6.92 Å². The number of benzene rings is 3. The minimum atomic E-state index is -1.30. The second-order valence-electron chi connectivity index (χ2n) is 8.88. The Bertz CT molecular complexity index is 1330. The molecule has 0 radical (unpaired) electrons. The zero-order valence-corrected chi connectivity index (χ0v) is 21.7. The number of amides is 3. The number of aromatic hydroxyl groups is 6. The SMILES string of the molecule is CCCCCCCNN(C(=O)c1cccc(O)c1O)N(C(=O)c1cccc(O)c1O)C(=O)c1cccc(O)c1O. The zero-order chi connectivity index (χ0) is 29.4. The van der Waals surface area contributed by atoms with E-state index in [0.717, 1.165) is 62.1 Å². The Labute approximate surface area is 229 Å². The van der Waals surface area contributed by atoms with Crippen LogP contribution in [0.1, 0.15) is 70.1 Å². The Kier molecular flexibility index (Phi) is 9.76. The van der Waals surface area contributed by atoms with Crippen LogP contribution >= 0.6 is 0 Å². The number of carbonyl (C=O) groups excluding carboxylic acids is 3. The van der Waals surface area contributed by atoms with E-state index in [-0.39, 0.29) is 11.6 Å². The smallest absolute Gasteiger partial charge is 0.291 e. The molecule has 0 spiro atoms. The molecule has 0 aromatic heterocycles. The lowest BCUT2D eigenvalue weighted by Crippen LogP contribution is -2.59. The average Bonchev–Trinajstić information content (AvgIpc) is 2.93. The molecule has 0 fully saturated rings. The van der Waals surface area contributed by atoms with Gasteiger partial charge in [-0.1, -0.05) is 50.8 Å². The Balaban J connectivity index is 2.15. The van der Waals surface area contributed by atoms with Gasteiger partial charge < -0.3 is 30.6 Å². The predicted octanol–water partition coefficient (Wildman–Crippen LogP) is 3.74. The fraction of sp³-hybridized carbons (Fsp3) is 0.250. The summed E-state index contributed by atoms with van der Waals surface area (Å²) in [6, 6.07) is 10.4. The van der Waals surface area contributed by atoms with Crippen molar-refractivity contribution >= 4 is 17.7 Å². The first kappa shape index (κ1) is 29.6. The first-order chi connectivity index (χ1) is 19.1. The van der Waals surface area contributed by atoms with Gasteiger partial charge in [-0.15, -0.1) is 0 Å². The Hall–Kier alpha value is -4.97. The maximum atomic E-state index is 13.8. The number of hydrogen-bond acceptors (Lipinski definition) is 10. The summed E-state index contributed by atoms with van der Waals surface area (Å²) in [5, 5.41) is 61.8. The van der Waals surface area contributed by atoms with E-state index >= 15 is 0 Å². The standard InChI is InChI=1S/C28H31N3O9/c1-2-3-4-5-6-16-29-31(28(40)19-12-9-15-22(34)25(19)37)30(26(38)17-10-7-13-20(32)23(17)35)27(39)18-11-8-14-21(33)24(18)36/h7-15,29,32-37H,2-6,16H2,1H3. The van der Waals surface area contributed by atoms with Crippen molar-refractivity contribution in [2.24, 2.45) is 0 Å². The van der Waals surface area contributed by atoms with Crippen molar-refractivity contribution in [2.75, 3.05) is 6.54 Å². The van der Waals surface area contributed by atoms with Crippen molar-refractivity contribution in [3.05, 3.63) is 71.3 Å². The monoisotopic (exact) mass is 553 g/mol. The highest BCUT2D eigenvalue weighted by atomic mass is 16.3. The third-order valence-electron chi connectivity index (χ3n) is 6.05. The molecule has 3 amide bonds. The molecule has 40 heavy (non-hydrogen) atoms. The number of nitrogens with zero attached hydrogens (tertiary/aromatic N) is 2. The number of imide groups is 1. The predicted molar refractivity (Wildman–Crippen MR) is 143 cm³/mol. The number of hydrogen-bond donors (Lipinski definition) is 7. The van der Waals surface area contributed by atoms with Gasteiger partial charge >= 0.3 is 0 Å². The van der Waals surface area contributed by atoms with Crippen LogP contribution in [0.3, 0.4) is 0 Å². The highest BCUT2D eigenvalue weighted by Gasteiger charge is 2.38.